The van der Waals surface area contributed by atoms with Crippen LogP contribution in [0.2, 0.25) is 0 Å². The van der Waals surface area contributed by atoms with Crippen molar-refractivity contribution >= 4 is 54.4 Å². The second-order valence-corrected chi connectivity index (χ2v) is 11.0. The Morgan fingerprint density at radius 1 is 0.395 bits per heavy atom. The average Bonchev–Trinajstić information content (AvgIpc) is 3.43. The Balaban J connectivity index is 1.24. The normalized spacial score (nSPS) is 11.7. The molecule has 3 heteroatoms. The Morgan fingerprint density at radius 3 is 1.93 bits per heavy atom. The van der Waals surface area contributed by atoms with Crippen molar-refractivity contribution in [2.45, 2.75) is 0 Å². The highest BCUT2D eigenvalue weighted by Crippen LogP contribution is 2.39. The maximum Gasteiger partial charge on any atom is 0.161 e. The molecule has 0 fully saturated rings. The van der Waals surface area contributed by atoms with E-state index >= 15 is 0 Å². The lowest BCUT2D eigenvalue weighted by Crippen LogP contribution is -1.96. The molecule has 0 unspecified atom stereocenters. The summed E-state index contributed by atoms with van der Waals surface area (Å²) in [5.74, 6) is 0.725. The molecule has 0 aliphatic heterocycles. The van der Waals surface area contributed by atoms with E-state index in [9.17, 15) is 0 Å². The van der Waals surface area contributed by atoms with Crippen LogP contribution in [0.4, 0.5) is 0 Å². The highest BCUT2D eigenvalue weighted by molar-refractivity contribution is 6.12. The number of fused-ring (bicyclic) bond motifs is 6. The molecule has 200 valence electrons. The molecule has 7 aromatic carbocycles. The topological polar surface area (TPSA) is 38.9 Å². The van der Waals surface area contributed by atoms with Crippen LogP contribution in [0.3, 0.4) is 0 Å². The Hall–Kier alpha value is -5.80. The van der Waals surface area contributed by atoms with Gasteiger partial charge in [0.1, 0.15) is 11.2 Å². The summed E-state index contributed by atoms with van der Waals surface area (Å²) in [6, 6.07) is 50.9. The fourth-order valence-corrected chi connectivity index (χ4v) is 6.40. The molecule has 0 saturated carbocycles. The van der Waals surface area contributed by atoms with Gasteiger partial charge in [0, 0.05) is 27.3 Å². The Morgan fingerprint density at radius 2 is 1.07 bits per heavy atom. The third-order valence-corrected chi connectivity index (χ3v) is 8.46. The van der Waals surface area contributed by atoms with Gasteiger partial charge < -0.3 is 4.42 Å². The van der Waals surface area contributed by atoms with E-state index in [1.807, 2.05) is 18.2 Å². The number of benzene rings is 7. The van der Waals surface area contributed by atoms with Crippen LogP contribution in [0.5, 0.6) is 0 Å². The lowest BCUT2D eigenvalue weighted by molar-refractivity contribution is 0.669. The first-order valence-electron chi connectivity index (χ1n) is 14.5. The van der Waals surface area contributed by atoms with Crippen LogP contribution in [-0.2, 0) is 0 Å². The summed E-state index contributed by atoms with van der Waals surface area (Å²) in [4.78, 5) is 10.2. The molecule has 9 rings (SSSR count). The molecule has 3 nitrogen and oxygen atoms in total. The lowest BCUT2D eigenvalue weighted by Gasteiger charge is -2.13. The Bertz CT molecular complexity index is 2510. The van der Waals surface area contributed by atoms with Crippen molar-refractivity contribution in [3.63, 3.8) is 0 Å². The molecule has 0 aliphatic rings. The highest BCUT2D eigenvalue weighted by atomic mass is 16.3. The van der Waals surface area contributed by atoms with E-state index in [1.165, 1.54) is 16.3 Å². The third-order valence-electron chi connectivity index (χ3n) is 8.46. The first-order valence-corrected chi connectivity index (χ1v) is 14.5. The molecule has 0 N–H and O–H groups in total. The van der Waals surface area contributed by atoms with Gasteiger partial charge in [0.25, 0.3) is 0 Å². The van der Waals surface area contributed by atoms with Gasteiger partial charge >= 0.3 is 0 Å². The molecule has 43 heavy (non-hydrogen) atoms. The maximum atomic E-state index is 6.28. The average molecular weight is 549 g/mol. The first kappa shape index (κ1) is 23.9. The molecule has 0 spiro atoms. The standard InChI is InChI=1S/C40H24N2O/c1-2-10-25(11-3-1)39-33-14-6-7-19-36(33)41-40(42-39)32-18-9-16-30-29(15-8-17-31(30)32)28-20-21-37-34(23-28)35-22-26-12-4-5-13-27(26)24-38(35)43-37/h1-24H. The van der Waals surface area contributed by atoms with E-state index in [4.69, 9.17) is 14.4 Å². The number of hydrogen-bond acceptors (Lipinski definition) is 3. The van der Waals surface area contributed by atoms with Crippen molar-refractivity contribution in [2.24, 2.45) is 0 Å². The molecular weight excluding hydrogens is 524 g/mol. The van der Waals surface area contributed by atoms with E-state index in [0.29, 0.717) is 0 Å². The first-order chi connectivity index (χ1) is 21.3. The third kappa shape index (κ3) is 3.83. The molecule has 0 atom stereocenters. The van der Waals surface area contributed by atoms with E-state index in [-0.39, 0.29) is 0 Å². The van der Waals surface area contributed by atoms with Crippen molar-refractivity contribution in [3.05, 3.63) is 146 Å². The largest absolute Gasteiger partial charge is 0.456 e. The van der Waals surface area contributed by atoms with Crippen LogP contribution in [0.1, 0.15) is 0 Å². The van der Waals surface area contributed by atoms with Crippen molar-refractivity contribution < 1.29 is 4.42 Å². The summed E-state index contributed by atoms with van der Waals surface area (Å²) < 4.78 is 6.28. The molecule has 2 aromatic heterocycles. The van der Waals surface area contributed by atoms with Gasteiger partial charge in [0.15, 0.2) is 5.82 Å². The number of para-hydroxylation sites is 1. The fraction of sp³-hybridized carbons (Fsp3) is 0. The van der Waals surface area contributed by atoms with Crippen LogP contribution in [-0.4, -0.2) is 9.97 Å². The summed E-state index contributed by atoms with van der Waals surface area (Å²) in [5.41, 5.74) is 8.10. The Kier molecular flexibility index (Phi) is 5.20. The number of nitrogens with zero attached hydrogens (tertiary/aromatic N) is 2. The minimum absolute atomic E-state index is 0.725. The molecule has 0 amide bonds. The van der Waals surface area contributed by atoms with E-state index < -0.39 is 0 Å². The molecule has 0 aliphatic carbocycles. The van der Waals surface area contributed by atoms with Crippen molar-refractivity contribution in [1.29, 1.82) is 0 Å². The SMILES string of the molecule is c1ccc(-c2nc(-c3cccc4c(-c5ccc6oc7cc8ccccc8cc7c6c5)cccc34)nc3ccccc23)cc1. The van der Waals surface area contributed by atoms with E-state index in [1.54, 1.807) is 0 Å². The van der Waals surface area contributed by atoms with Gasteiger partial charge in [0.05, 0.1) is 11.2 Å². The van der Waals surface area contributed by atoms with Crippen LogP contribution < -0.4 is 0 Å². The predicted octanol–water partition coefficient (Wildman–Crippen LogP) is 10.8. The number of hydrogen-bond donors (Lipinski definition) is 0. The second-order valence-electron chi connectivity index (χ2n) is 11.0. The van der Waals surface area contributed by atoms with Gasteiger partial charge in [-0.2, -0.15) is 0 Å². The summed E-state index contributed by atoms with van der Waals surface area (Å²) in [5, 5.41) is 7.98. The van der Waals surface area contributed by atoms with Gasteiger partial charge in [-0.15, -0.1) is 0 Å². The zero-order chi connectivity index (χ0) is 28.3. The summed E-state index contributed by atoms with van der Waals surface area (Å²) in [7, 11) is 0. The minimum Gasteiger partial charge on any atom is -0.456 e. The van der Waals surface area contributed by atoms with Gasteiger partial charge in [-0.1, -0.05) is 115 Å². The number of rotatable bonds is 3. The van der Waals surface area contributed by atoms with Crippen LogP contribution in [0, 0.1) is 0 Å². The van der Waals surface area contributed by atoms with Gasteiger partial charge in [-0.05, 0) is 63.0 Å². The smallest absolute Gasteiger partial charge is 0.161 e. The maximum absolute atomic E-state index is 6.28. The second kappa shape index (κ2) is 9.37. The zero-order valence-corrected chi connectivity index (χ0v) is 23.2. The van der Waals surface area contributed by atoms with Crippen LogP contribution >= 0.6 is 0 Å². The molecule has 2 heterocycles. The number of furan rings is 1. The zero-order valence-electron chi connectivity index (χ0n) is 23.2. The van der Waals surface area contributed by atoms with Gasteiger partial charge in [0.2, 0.25) is 0 Å². The highest BCUT2D eigenvalue weighted by Gasteiger charge is 2.16. The summed E-state index contributed by atoms with van der Waals surface area (Å²) >= 11 is 0. The monoisotopic (exact) mass is 548 g/mol. The quantitative estimate of drug-likeness (QED) is 0.220. The summed E-state index contributed by atoms with van der Waals surface area (Å²) in [6.45, 7) is 0. The lowest BCUT2D eigenvalue weighted by atomic mass is 9.94. The fourth-order valence-electron chi connectivity index (χ4n) is 6.40. The predicted molar refractivity (Wildman–Crippen MR) is 178 cm³/mol. The molecular formula is C40H24N2O. The van der Waals surface area contributed by atoms with Crippen molar-refractivity contribution in [2.75, 3.05) is 0 Å². The van der Waals surface area contributed by atoms with Crippen LogP contribution in [0.15, 0.2) is 150 Å². The summed E-state index contributed by atoms with van der Waals surface area (Å²) in [6.07, 6.45) is 0. The van der Waals surface area contributed by atoms with Crippen LogP contribution in [0.25, 0.3) is 88.2 Å². The molecule has 0 saturated heterocycles. The van der Waals surface area contributed by atoms with Crippen molar-refractivity contribution in [1.82, 2.24) is 9.97 Å². The molecule has 9 aromatic rings. The van der Waals surface area contributed by atoms with E-state index in [2.05, 4.69) is 127 Å². The van der Waals surface area contributed by atoms with E-state index in [0.717, 1.165) is 71.8 Å². The van der Waals surface area contributed by atoms with Gasteiger partial charge in [-0.25, -0.2) is 9.97 Å². The molecule has 0 radical (unpaired) electrons. The Labute approximate surface area is 247 Å². The van der Waals surface area contributed by atoms with Crippen molar-refractivity contribution in [3.8, 4) is 33.8 Å². The van der Waals surface area contributed by atoms with Gasteiger partial charge in [-0.3, -0.25) is 0 Å². The molecule has 0 bridgehead atoms. The minimum atomic E-state index is 0.725. The number of aromatic nitrogens is 2.